The number of carbonyl (C=O) groups excluding carboxylic acids is 1. The molecule has 0 heterocycles. The molecule has 2 heteroatoms. The van der Waals surface area contributed by atoms with Crippen molar-refractivity contribution in [2.45, 2.75) is 0 Å². The molecule has 2 nitrogen and oxygen atoms in total. The fourth-order valence-electron chi connectivity index (χ4n) is 0.111. The standard InChI is InChI=1S/C4H6O2/c1-6-4-2-3-5/h2-4H,1H3/b4-2-. The number of aldehydes is 1. The average Bonchev–Trinajstić information content (AvgIpc) is 1.61. The second kappa shape index (κ2) is 4.21. The van der Waals surface area contributed by atoms with Gasteiger partial charge in [-0.05, 0) is 0 Å². The minimum atomic E-state index is 0.656. The Morgan fingerprint density at radius 1 is 1.67 bits per heavy atom. The lowest BCUT2D eigenvalue weighted by atomic mass is 10.7. The highest BCUT2D eigenvalue weighted by atomic mass is 16.5. The van der Waals surface area contributed by atoms with E-state index in [1.165, 1.54) is 19.4 Å². The van der Waals surface area contributed by atoms with E-state index < -0.39 is 0 Å². The third-order valence-electron chi connectivity index (χ3n) is 0.293. The Kier molecular flexibility index (Phi) is 3.66. The van der Waals surface area contributed by atoms with E-state index in [2.05, 4.69) is 4.74 Å². The smallest absolute Gasteiger partial charge is 0.145 e. The van der Waals surface area contributed by atoms with E-state index in [-0.39, 0.29) is 0 Å². The van der Waals surface area contributed by atoms with Gasteiger partial charge in [-0.15, -0.1) is 0 Å². The number of hydrogen-bond donors (Lipinski definition) is 0. The fraction of sp³-hybridized carbons (Fsp3) is 0.250. The molecule has 0 aliphatic heterocycles. The van der Waals surface area contributed by atoms with Crippen LogP contribution < -0.4 is 0 Å². The molecule has 0 spiro atoms. The summed E-state index contributed by atoms with van der Waals surface area (Å²) in [5.74, 6) is 0. The van der Waals surface area contributed by atoms with Gasteiger partial charge in [0.1, 0.15) is 6.29 Å². The summed E-state index contributed by atoms with van der Waals surface area (Å²) < 4.78 is 4.37. The number of rotatable bonds is 2. The van der Waals surface area contributed by atoms with Gasteiger partial charge in [0.2, 0.25) is 0 Å². The van der Waals surface area contributed by atoms with Gasteiger partial charge in [-0.25, -0.2) is 0 Å². The molecule has 0 radical (unpaired) electrons. The summed E-state index contributed by atoms with van der Waals surface area (Å²) >= 11 is 0. The van der Waals surface area contributed by atoms with Gasteiger partial charge in [0, 0.05) is 6.08 Å². The van der Waals surface area contributed by atoms with Gasteiger partial charge in [0.25, 0.3) is 0 Å². The normalized spacial score (nSPS) is 8.83. The zero-order valence-electron chi connectivity index (χ0n) is 3.55. The molecule has 0 atom stereocenters. The van der Waals surface area contributed by atoms with Crippen LogP contribution >= 0.6 is 0 Å². The molecule has 0 saturated heterocycles. The van der Waals surface area contributed by atoms with Crippen molar-refractivity contribution in [1.29, 1.82) is 0 Å². The molecule has 0 bridgehead atoms. The second-order valence-electron chi connectivity index (χ2n) is 0.700. The Labute approximate surface area is 36.4 Å². The van der Waals surface area contributed by atoms with Crippen LogP contribution in [-0.4, -0.2) is 13.4 Å². The van der Waals surface area contributed by atoms with Crippen LogP contribution in [0.5, 0.6) is 0 Å². The van der Waals surface area contributed by atoms with E-state index >= 15 is 0 Å². The first-order valence-corrected chi connectivity index (χ1v) is 1.55. The SMILES string of the molecule is CO/C=C\C=O. The van der Waals surface area contributed by atoms with Crippen molar-refractivity contribution in [1.82, 2.24) is 0 Å². The predicted octanol–water partition coefficient (Wildman–Crippen LogP) is 0.345. The molecule has 0 N–H and O–H groups in total. The van der Waals surface area contributed by atoms with Crippen LogP contribution in [0.25, 0.3) is 0 Å². The molecular formula is C4H6O2. The van der Waals surface area contributed by atoms with Crippen LogP contribution in [0.1, 0.15) is 0 Å². The highest BCUT2D eigenvalue weighted by molar-refractivity contribution is 5.64. The van der Waals surface area contributed by atoms with Crippen LogP contribution in [0.4, 0.5) is 0 Å². The first-order chi connectivity index (χ1) is 2.91. The number of allylic oxidation sites excluding steroid dienone is 1. The van der Waals surface area contributed by atoms with Gasteiger partial charge in [0.05, 0.1) is 13.4 Å². The Morgan fingerprint density at radius 3 is 2.50 bits per heavy atom. The summed E-state index contributed by atoms with van der Waals surface area (Å²) in [6, 6.07) is 0. The van der Waals surface area contributed by atoms with Crippen LogP contribution in [0.15, 0.2) is 12.3 Å². The third kappa shape index (κ3) is 3.21. The molecule has 0 amide bonds. The van der Waals surface area contributed by atoms with Gasteiger partial charge in [-0.1, -0.05) is 0 Å². The van der Waals surface area contributed by atoms with E-state index in [4.69, 9.17) is 0 Å². The molecule has 0 aromatic heterocycles. The lowest BCUT2D eigenvalue weighted by molar-refractivity contribution is -0.104. The quantitative estimate of drug-likeness (QED) is 0.275. The molecule has 0 aromatic rings. The maximum Gasteiger partial charge on any atom is 0.145 e. The Balaban J connectivity index is 2.94. The molecule has 6 heavy (non-hydrogen) atoms. The number of ether oxygens (including phenoxy) is 1. The van der Waals surface area contributed by atoms with Gasteiger partial charge in [0.15, 0.2) is 0 Å². The van der Waals surface area contributed by atoms with E-state index in [1.807, 2.05) is 0 Å². The van der Waals surface area contributed by atoms with Crippen molar-refractivity contribution in [3.05, 3.63) is 12.3 Å². The molecule has 34 valence electrons. The molecule has 0 unspecified atom stereocenters. The summed E-state index contributed by atoms with van der Waals surface area (Å²) in [4.78, 5) is 9.40. The predicted molar refractivity (Wildman–Crippen MR) is 22.2 cm³/mol. The molecule has 0 aliphatic carbocycles. The number of methoxy groups -OCH3 is 1. The minimum absolute atomic E-state index is 0.656. The van der Waals surface area contributed by atoms with Gasteiger partial charge in [-0.3, -0.25) is 4.79 Å². The lowest BCUT2D eigenvalue weighted by Crippen LogP contribution is -1.63. The van der Waals surface area contributed by atoms with Gasteiger partial charge < -0.3 is 4.74 Å². The molecule has 0 saturated carbocycles. The lowest BCUT2D eigenvalue weighted by Gasteiger charge is -1.76. The zero-order chi connectivity index (χ0) is 4.83. The van der Waals surface area contributed by atoms with Crippen LogP contribution in [0.2, 0.25) is 0 Å². The van der Waals surface area contributed by atoms with Gasteiger partial charge in [-0.2, -0.15) is 0 Å². The number of carbonyl (C=O) groups is 1. The average molecular weight is 86.1 g/mol. The highest BCUT2D eigenvalue weighted by Crippen LogP contribution is 1.62. The first kappa shape index (κ1) is 5.21. The largest absolute Gasteiger partial charge is 0.504 e. The second-order valence-corrected chi connectivity index (χ2v) is 0.700. The maximum atomic E-state index is 9.40. The topological polar surface area (TPSA) is 26.3 Å². The van der Waals surface area contributed by atoms with Crippen molar-refractivity contribution < 1.29 is 9.53 Å². The van der Waals surface area contributed by atoms with Crippen LogP contribution in [-0.2, 0) is 9.53 Å². The van der Waals surface area contributed by atoms with E-state index in [9.17, 15) is 4.79 Å². The zero-order valence-corrected chi connectivity index (χ0v) is 3.55. The molecular weight excluding hydrogens is 80.0 g/mol. The molecule has 0 aliphatic rings. The molecule has 0 fully saturated rings. The Bertz CT molecular complexity index is 56.6. The summed E-state index contributed by atoms with van der Waals surface area (Å²) in [5.41, 5.74) is 0. The summed E-state index contributed by atoms with van der Waals surface area (Å²) in [7, 11) is 1.49. The first-order valence-electron chi connectivity index (χ1n) is 1.55. The van der Waals surface area contributed by atoms with Crippen molar-refractivity contribution in [2.24, 2.45) is 0 Å². The summed E-state index contributed by atoms with van der Waals surface area (Å²) in [5, 5.41) is 0. The minimum Gasteiger partial charge on any atom is -0.504 e. The highest BCUT2D eigenvalue weighted by Gasteiger charge is 1.56. The van der Waals surface area contributed by atoms with Crippen LogP contribution in [0.3, 0.4) is 0 Å². The molecule has 0 aromatic carbocycles. The Morgan fingerprint density at radius 2 is 2.33 bits per heavy atom. The molecule has 0 rings (SSSR count). The van der Waals surface area contributed by atoms with Crippen LogP contribution in [0, 0.1) is 0 Å². The van der Waals surface area contributed by atoms with Crippen molar-refractivity contribution >= 4 is 6.29 Å². The van der Waals surface area contributed by atoms with Crippen molar-refractivity contribution in [3.63, 3.8) is 0 Å². The van der Waals surface area contributed by atoms with Gasteiger partial charge >= 0.3 is 0 Å². The summed E-state index contributed by atoms with van der Waals surface area (Å²) in [6.45, 7) is 0. The summed E-state index contributed by atoms with van der Waals surface area (Å²) in [6.07, 6.45) is 3.25. The van der Waals surface area contributed by atoms with Crippen molar-refractivity contribution in [3.8, 4) is 0 Å². The third-order valence-corrected chi connectivity index (χ3v) is 0.293. The van der Waals surface area contributed by atoms with E-state index in [0.29, 0.717) is 6.29 Å². The van der Waals surface area contributed by atoms with E-state index in [1.54, 1.807) is 0 Å². The van der Waals surface area contributed by atoms with E-state index in [0.717, 1.165) is 0 Å². The monoisotopic (exact) mass is 86.0 g/mol. The Hall–Kier alpha value is -0.790. The number of hydrogen-bond acceptors (Lipinski definition) is 2. The van der Waals surface area contributed by atoms with Crippen molar-refractivity contribution in [2.75, 3.05) is 7.11 Å². The maximum absolute atomic E-state index is 9.40. The fourth-order valence-corrected chi connectivity index (χ4v) is 0.111.